The lowest BCUT2D eigenvalue weighted by Gasteiger charge is -2.25. The lowest BCUT2D eigenvalue weighted by Crippen LogP contribution is -2.32. The molecule has 2 aromatic rings. The van der Waals surface area contributed by atoms with E-state index in [1.54, 1.807) is 11.1 Å². The average molecular weight is 340 g/mol. The van der Waals surface area contributed by atoms with E-state index in [0.717, 1.165) is 18.5 Å². The second-order valence-electron chi connectivity index (χ2n) is 6.50. The van der Waals surface area contributed by atoms with Crippen LogP contribution >= 0.6 is 0 Å². The van der Waals surface area contributed by atoms with Crippen molar-refractivity contribution < 1.29 is 9.59 Å². The molecule has 0 bridgehead atoms. The third kappa shape index (κ3) is 4.26. The molecule has 1 aromatic heterocycles. The maximum atomic E-state index is 12.1. The van der Waals surface area contributed by atoms with Gasteiger partial charge in [0.05, 0.1) is 6.04 Å². The van der Waals surface area contributed by atoms with Gasteiger partial charge in [-0.15, -0.1) is 0 Å². The molecule has 3 rings (SSSR count). The number of amides is 2. The minimum Gasteiger partial charge on any atom is -0.356 e. The van der Waals surface area contributed by atoms with Gasteiger partial charge in [0.2, 0.25) is 11.8 Å². The van der Waals surface area contributed by atoms with Gasteiger partial charge in [-0.3, -0.25) is 14.3 Å². The number of carbonyl (C=O) groups is 2. The van der Waals surface area contributed by atoms with Crippen LogP contribution in [-0.2, 0) is 16.1 Å². The predicted molar refractivity (Wildman–Crippen MR) is 94.5 cm³/mol. The highest BCUT2D eigenvalue weighted by atomic mass is 16.2. The van der Waals surface area contributed by atoms with E-state index in [1.807, 2.05) is 54.3 Å². The Kier molecular flexibility index (Phi) is 5.48. The van der Waals surface area contributed by atoms with E-state index in [-0.39, 0.29) is 23.8 Å². The summed E-state index contributed by atoms with van der Waals surface area (Å²) in [7, 11) is 1.84. The minimum absolute atomic E-state index is 0.0260. The fourth-order valence-corrected chi connectivity index (χ4v) is 3.45. The van der Waals surface area contributed by atoms with Crippen molar-refractivity contribution in [2.45, 2.75) is 31.8 Å². The Labute approximate surface area is 147 Å². The van der Waals surface area contributed by atoms with E-state index in [1.165, 1.54) is 0 Å². The van der Waals surface area contributed by atoms with Crippen molar-refractivity contribution >= 4 is 11.8 Å². The van der Waals surface area contributed by atoms with Crippen molar-refractivity contribution in [3.63, 3.8) is 0 Å². The van der Waals surface area contributed by atoms with E-state index >= 15 is 0 Å². The van der Waals surface area contributed by atoms with Gasteiger partial charge in [-0.05, 0) is 18.1 Å². The molecule has 0 aliphatic carbocycles. The van der Waals surface area contributed by atoms with Crippen LogP contribution in [0.1, 0.15) is 30.9 Å². The largest absolute Gasteiger partial charge is 0.356 e. The normalized spacial score (nSPS) is 20.0. The lowest BCUT2D eigenvalue weighted by molar-refractivity contribution is -0.127. The zero-order chi connectivity index (χ0) is 17.6. The smallest absolute Gasteiger partial charge is 0.223 e. The van der Waals surface area contributed by atoms with Gasteiger partial charge in [0, 0.05) is 51.3 Å². The van der Waals surface area contributed by atoms with Crippen LogP contribution in [0, 0.1) is 5.92 Å². The monoisotopic (exact) mass is 340 g/mol. The Morgan fingerprint density at radius 3 is 2.80 bits per heavy atom. The van der Waals surface area contributed by atoms with Crippen LogP contribution in [0.15, 0.2) is 48.8 Å². The van der Waals surface area contributed by atoms with Crippen molar-refractivity contribution in [2.75, 3.05) is 13.6 Å². The first-order valence-electron chi connectivity index (χ1n) is 8.70. The van der Waals surface area contributed by atoms with Crippen LogP contribution < -0.4 is 5.32 Å². The molecule has 1 aliphatic heterocycles. The molecule has 1 N–H and O–H groups in total. The summed E-state index contributed by atoms with van der Waals surface area (Å²) in [5.41, 5.74) is 1.12. The third-order valence-electron chi connectivity index (χ3n) is 4.75. The Morgan fingerprint density at radius 2 is 2.08 bits per heavy atom. The molecule has 132 valence electrons. The molecule has 6 heteroatoms. The molecular weight excluding hydrogens is 316 g/mol. The molecule has 0 unspecified atom stereocenters. The fraction of sp³-hybridized carbons (Fsp3) is 0.421. The summed E-state index contributed by atoms with van der Waals surface area (Å²) >= 11 is 0. The van der Waals surface area contributed by atoms with Crippen molar-refractivity contribution in [3.8, 4) is 0 Å². The number of likely N-dealkylation sites (tertiary alicyclic amines) is 1. The molecule has 0 saturated carbocycles. The van der Waals surface area contributed by atoms with Crippen LogP contribution in [0.3, 0.4) is 0 Å². The van der Waals surface area contributed by atoms with Crippen LogP contribution in [0.2, 0.25) is 0 Å². The summed E-state index contributed by atoms with van der Waals surface area (Å²) in [6.45, 7) is 1.26. The van der Waals surface area contributed by atoms with Gasteiger partial charge >= 0.3 is 0 Å². The summed E-state index contributed by atoms with van der Waals surface area (Å²) in [6.07, 6.45) is 5.31. The molecule has 1 fully saturated rings. The molecule has 0 radical (unpaired) electrons. The summed E-state index contributed by atoms with van der Waals surface area (Å²) in [4.78, 5) is 26.0. The van der Waals surface area contributed by atoms with Gasteiger partial charge in [0.1, 0.15) is 0 Å². The van der Waals surface area contributed by atoms with E-state index in [9.17, 15) is 9.59 Å². The van der Waals surface area contributed by atoms with Crippen molar-refractivity contribution in [3.05, 3.63) is 54.4 Å². The fourth-order valence-electron chi connectivity index (χ4n) is 3.45. The molecule has 1 aromatic carbocycles. The second kappa shape index (κ2) is 7.96. The Hall–Kier alpha value is -2.63. The third-order valence-corrected chi connectivity index (χ3v) is 4.75. The average Bonchev–Trinajstić information content (AvgIpc) is 3.23. The highest BCUT2D eigenvalue weighted by Crippen LogP contribution is 2.36. The molecule has 2 amide bonds. The molecule has 2 atom stereocenters. The molecule has 6 nitrogen and oxygen atoms in total. The van der Waals surface area contributed by atoms with Gasteiger partial charge < -0.3 is 10.2 Å². The summed E-state index contributed by atoms with van der Waals surface area (Å²) in [5, 5.41) is 7.12. The van der Waals surface area contributed by atoms with Crippen LogP contribution in [-0.4, -0.2) is 40.1 Å². The number of nitrogens with zero attached hydrogens (tertiary/aromatic N) is 3. The number of nitrogens with one attached hydrogen (secondary N) is 1. The molecule has 0 spiro atoms. The second-order valence-corrected chi connectivity index (χ2v) is 6.50. The molecule has 25 heavy (non-hydrogen) atoms. The summed E-state index contributed by atoms with van der Waals surface area (Å²) < 4.78 is 1.82. The Bertz CT molecular complexity index is 699. The molecule has 1 saturated heterocycles. The quantitative estimate of drug-likeness (QED) is 0.838. The van der Waals surface area contributed by atoms with Gasteiger partial charge in [-0.25, -0.2) is 0 Å². The van der Waals surface area contributed by atoms with Crippen LogP contribution in [0.25, 0.3) is 0 Å². The van der Waals surface area contributed by atoms with Crippen LogP contribution in [0.5, 0.6) is 0 Å². The highest BCUT2D eigenvalue weighted by Gasteiger charge is 2.38. The first-order chi connectivity index (χ1) is 12.1. The number of aryl methyl sites for hydroxylation is 1. The van der Waals surface area contributed by atoms with E-state index in [4.69, 9.17) is 0 Å². The maximum Gasteiger partial charge on any atom is 0.223 e. The SMILES string of the molecule is CN1C(=O)C[C@@H](CNC(=O)CCCn2cccn2)[C@@H]1c1ccccc1. The Morgan fingerprint density at radius 1 is 1.28 bits per heavy atom. The predicted octanol–water partition coefficient (Wildman–Crippen LogP) is 2.00. The van der Waals surface area contributed by atoms with Crippen molar-refractivity contribution in [2.24, 2.45) is 5.92 Å². The topological polar surface area (TPSA) is 67.2 Å². The number of hydrogen-bond acceptors (Lipinski definition) is 3. The maximum absolute atomic E-state index is 12.1. The number of hydrogen-bond donors (Lipinski definition) is 1. The molecular formula is C19H24N4O2. The summed E-state index contributed by atoms with van der Waals surface area (Å²) in [6, 6.07) is 11.9. The Balaban J connectivity index is 1.50. The summed E-state index contributed by atoms with van der Waals surface area (Å²) in [5.74, 6) is 0.266. The zero-order valence-corrected chi connectivity index (χ0v) is 14.5. The van der Waals surface area contributed by atoms with Gasteiger partial charge in [-0.2, -0.15) is 5.10 Å². The van der Waals surface area contributed by atoms with E-state index < -0.39 is 0 Å². The number of rotatable bonds is 7. The highest BCUT2D eigenvalue weighted by molar-refractivity contribution is 5.80. The molecule has 2 heterocycles. The lowest BCUT2D eigenvalue weighted by atomic mass is 9.93. The standard InChI is InChI=1S/C19H24N4O2/c1-22-18(25)13-16(19(22)15-7-3-2-4-8-15)14-20-17(24)9-5-11-23-12-6-10-21-23/h2-4,6-8,10,12,16,19H,5,9,11,13-14H2,1H3,(H,20,24)/t16-,19-/m0/s1. The minimum atomic E-state index is 0.0260. The number of carbonyl (C=O) groups excluding carboxylic acids is 2. The zero-order valence-electron chi connectivity index (χ0n) is 14.5. The van der Waals surface area contributed by atoms with Crippen LogP contribution in [0.4, 0.5) is 0 Å². The van der Waals surface area contributed by atoms with E-state index in [2.05, 4.69) is 10.4 Å². The van der Waals surface area contributed by atoms with Crippen molar-refractivity contribution in [1.82, 2.24) is 20.0 Å². The number of aromatic nitrogens is 2. The number of benzene rings is 1. The van der Waals surface area contributed by atoms with E-state index in [0.29, 0.717) is 19.4 Å². The first-order valence-corrected chi connectivity index (χ1v) is 8.70. The molecule has 1 aliphatic rings. The first kappa shape index (κ1) is 17.2. The van der Waals surface area contributed by atoms with Crippen molar-refractivity contribution in [1.29, 1.82) is 0 Å². The van der Waals surface area contributed by atoms with Gasteiger partial charge in [0.25, 0.3) is 0 Å². The van der Waals surface area contributed by atoms with Gasteiger partial charge in [0.15, 0.2) is 0 Å². The van der Waals surface area contributed by atoms with Gasteiger partial charge in [-0.1, -0.05) is 30.3 Å².